The van der Waals surface area contributed by atoms with Crippen molar-refractivity contribution in [2.75, 3.05) is 7.11 Å². The number of fused-ring (bicyclic) bond motifs is 1. The summed E-state index contributed by atoms with van der Waals surface area (Å²) < 4.78 is 5.60. The van der Waals surface area contributed by atoms with Crippen LogP contribution in [0.1, 0.15) is 40.4 Å². The Labute approximate surface area is 170 Å². The molecule has 1 heterocycles. The number of nitrogens with zero attached hydrogens (tertiary/aromatic N) is 2. The molecule has 142 valence electrons. The summed E-state index contributed by atoms with van der Waals surface area (Å²) >= 11 is 3.26. The first-order valence-corrected chi connectivity index (χ1v) is 9.65. The number of amides is 1. The van der Waals surface area contributed by atoms with Gasteiger partial charge in [-0.15, -0.1) is 0 Å². The number of phenolic OH excluding ortho intramolecular Hbond substituents is 1. The van der Waals surface area contributed by atoms with Crippen LogP contribution in [0.5, 0.6) is 11.5 Å². The van der Waals surface area contributed by atoms with Gasteiger partial charge in [-0.1, -0.05) is 18.2 Å². The van der Waals surface area contributed by atoms with E-state index >= 15 is 0 Å². The number of hydrogen-bond acceptors (Lipinski definition) is 5. The van der Waals surface area contributed by atoms with E-state index in [0.29, 0.717) is 27.3 Å². The molecule has 1 saturated carbocycles. The van der Waals surface area contributed by atoms with Crippen molar-refractivity contribution in [2.24, 2.45) is 5.10 Å². The van der Waals surface area contributed by atoms with Gasteiger partial charge in [0.2, 0.25) is 0 Å². The summed E-state index contributed by atoms with van der Waals surface area (Å²) in [7, 11) is 1.47. The Morgan fingerprint density at radius 1 is 1.32 bits per heavy atom. The molecule has 6 nitrogen and oxygen atoms in total. The molecule has 0 bridgehead atoms. The molecule has 4 rings (SSSR count). The number of phenols is 1. The number of aromatic hydroxyl groups is 1. The number of nitrogens with one attached hydrogen (secondary N) is 1. The summed E-state index contributed by atoms with van der Waals surface area (Å²) in [5.74, 6) is 0.485. The lowest BCUT2D eigenvalue weighted by Crippen LogP contribution is -2.18. The number of para-hydroxylation sites is 1. The minimum absolute atomic E-state index is 0.0135. The third-order valence-electron chi connectivity index (χ3n) is 4.63. The minimum Gasteiger partial charge on any atom is -0.503 e. The minimum atomic E-state index is -0.290. The quantitative estimate of drug-likeness (QED) is 0.457. The molecule has 1 aromatic heterocycles. The largest absolute Gasteiger partial charge is 0.503 e. The second-order valence-corrected chi connectivity index (χ2v) is 7.49. The molecular weight excluding hydrogens is 422 g/mol. The fourth-order valence-corrected chi connectivity index (χ4v) is 3.48. The molecule has 7 heteroatoms. The predicted octanol–water partition coefficient (Wildman–Crippen LogP) is 4.35. The van der Waals surface area contributed by atoms with Crippen LogP contribution >= 0.6 is 15.9 Å². The summed E-state index contributed by atoms with van der Waals surface area (Å²) in [6, 6.07) is 12.8. The van der Waals surface area contributed by atoms with E-state index in [9.17, 15) is 9.90 Å². The van der Waals surface area contributed by atoms with Crippen LogP contribution in [0.25, 0.3) is 10.9 Å². The highest BCUT2D eigenvalue weighted by Gasteiger charge is 2.26. The number of pyridine rings is 1. The zero-order chi connectivity index (χ0) is 19.7. The maximum atomic E-state index is 12.8. The van der Waals surface area contributed by atoms with Gasteiger partial charge in [0.25, 0.3) is 5.91 Å². The number of ether oxygens (including phenoxy) is 1. The summed E-state index contributed by atoms with van der Waals surface area (Å²) in [4.78, 5) is 17.4. The van der Waals surface area contributed by atoms with Crippen LogP contribution in [0.4, 0.5) is 0 Å². The Hall–Kier alpha value is -2.93. The lowest BCUT2D eigenvalue weighted by atomic mass is 10.1. The van der Waals surface area contributed by atoms with Crippen LogP contribution in [0.3, 0.4) is 0 Å². The van der Waals surface area contributed by atoms with Gasteiger partial charge in [-0.3, -0.25) is 9.78 Å². The zero-order valence-corrected chi connectivity index (χ0v) is 16.7. The first-order chi connectivity index (χ1) is 13.6. The summed E-state index contributed by atoms with van der Waals surface area (Å²) in [6.07, 6.45) is 3.72. The third kappa shape index (κ3) is 3.71. The maximum absolute atomic E-state index is 12.8. The fourth-order valence-electron chi connectivity index (χ4n) is 3.02. The standard InChI is InChI=1S/C21H18BrN3O3/c1-28-19-9-12(8-16(22)20(19)26)11-23-25-21(27)15-10-18(13-6-7-13)24-17-5-3-2-4-14(15)17/h2-5,8-11,13,26H,6-7H2,1H3,(H,25,27)/b23-11-. The number of halogens is 1. The number of carbonyl (C=O) groups excluding carboxylic acids is 1. The van der Waals surface area contributed by atoms with Crippen LogP contribution in [0, 0.1) is 0 Å². The highest BCUT2D eigenvalue weighted by Crippen LogP contribution is 2.40. The van der Waals surface area contributed by atoms with E-state index in [-0.39, 0.29) is 11.7 Å². The van der Waals surface area contributed by atoms with E-state index in [2.05, 4.69) is 31.4 Å². The molecular formula is C21H18BrN3O3. The monoisotopic (exact) mass is 439 g/mol. The molecule has 3 aromatic rings. The van der Waals surface area contributed by atoms with E-state index in [1.807, 2.05) is 30.3 Å². The van der Waals surface area contributed by atoms with Crippen molar-refractivity contribution < 1.29 is 14.6 Å². The number of carbonyl (C=O) groups is 1. The molecule has 2 N–H and O–H groups in total. The molecule has 0 radical (unpaired) electrons. The molecule has 0 unspecified atom stereocenters. The van der Waals surface area contributed by atoms with Gasteiger partial charge in [0.05, 0.1) is 28.9 Å². The molecule has 28 heavy (non-hydrogen) atoms. The molecule has 1 aliphatic rings. The lowest BCUT2D eigenvalue weighted by Gasteiger charge is -2.08. The van der Waals surface area contributed by atoms with Gasteiger partial charge in [0.15, 0.2) is 11.5 Å². The first-order valence-electron chi connectivity index (χ1n) is 8.86. The number of hydrogen-bond donors (Lipinski definition) is 2. The molecule has 1 aliphatic carbocycles. The second-order valence-electron chi connectivity index (χ2n) is 6.64. The SMILES string of the molecule is COc1cc(/C=N\NC(=O)c2cc(C3CC3)nc3ccccc23)cc(Br)c1O. The maximum Gasteiger partial charge on any atom is 0.272 e. The van der Waals surface area contributed by atoms with Crippen molar-refractivity contribution in [2.45, 2.75) is 18.8 Å². The van der Waals surface area contributed by atoms with E-state index in [4.69, 9.17) is 4.74 Å². The predicted molar refractivity (Wildman–Crippen MR) is 111 cm³/mol. The average molecular weight is 440 g/mol. The van der Waals surface area contributed by atoms with Crippen molar-refractivity contribution in [3.8, 4) is 11.5 Å². The van der Waals surface area contributed by atoms with Gasteiger partial charge >= 0.3 is 0 Å². The van der Waals surface area contributed by atoms with Crippen LogP contribution in [0.15, 0.2) is 52.0 Å². The smallest absolute Gasteiger partial charge is 0.272 e. The highest BCUT2D eigenvalue weighted by molar-refractivity contribution is 9.10. The zero-order valence-electron chi connectivity index (χ0n) is 15.1. The Morgan fingerprint density at radius 2 is 2.11 bits per heavy atom. The molecule has 0 saturated heterocycles. The van der Waals surface area contributed by atoms with Gasteiger partial charge in [-0.05, 0) is 58.6 Å². The van der Waals surface area contributed by atoms with Crippen LogP contribution in [0.2, 0.25) is 0 Å². The molecule has 2 aromatic carbocycles. The van der Waals surface area contributed by atoms with Crippen LogP contribution in [-0.2, 0) is 0 Å². The highest BCUT2D eigenvalue weighted by atomic mass is 79.9. The number of rotatable bonds is 5. The van der Waals surface area contributed by atoms with Crippen molar-refractivity contribution in [1.29, 1.82) is 0 Å². The van der Waals surface area contributed by atoms with E-state index in [1.165, 1.54) is 13.3 Å². The molecule has 0 aliphatic heterocycles. The van der Waals surface area contributed by atoms with Crippen molar-refractivity contribution >= 4 is 39.0 Å². The Balaban J connectivity index is 1.59. The van der Waals surface area contributed by atoms with Crippen molar-refractivity contribution in [3.63, 3.8) is 0 Å². The van der Waals surface area contributed by atoms with Gasteiger partial charge in [-0.25, -0.2) is 5.43 Å². The summed E-state index contributed by atoms with van der Waals surface area (Å²) in [6.45, 7) is 0. The van der Waals surface area contributed by atoms with E-state index in [1.54, 1.807) is 12.1 Å². The molecule has 1 fully saturated rings. The Morgan fingerprint density at radius 3 is 2.86 bits per heavy atom. The Bertz CT molecular complexity index is 1090. The Kier molecular flexibility index (Phi) is 5.00. The molecule has 0 spiro atoms. The fraction of sp³-hybridized carbons (Fsp3) is 0.190. The molecule has 1 amide bonds. The van der Waals surface area contributed by atoms with Gasteiger partial charge in [0.1, 0.15) is 0 Å². The van der Waals surface area contributed by atoms with E-state index < -0.39 is 0 Å². The normalized spacial score (nSPS) is 13.8. The number of aromatic nitrogens is 1. The van der Waals surface area contributed by atoms with Crippen LogP contribution in [-0.4, -0.2) is 29.3 Å². The van der Waals surface area contributed by atoms with Gasteiger partial charge in [-0.2, -0.15) is 5.10 Å². The van der Waals surface area contributed by atoms with Crippen LogP contribution < -0.4 is 10.2 Å². The lowest BCUT2D eigenvalue weighted by molar-refractivity contribution is 0.0956. The van der Waals surface area contributed by atoms with Crippen molar-refractivity contribution in [3.05, 3.63) is 63.8 Å². The summed E-state index contributed by atoms with van der Waals surface area (Å²) in [5, 5.41) is 14.7. The number of benzene rings is 2. The topological polar surface area (TPSA) is 83.8 Å². The second kappa shape index (κ2) is 7.59. The van der Waals surface area contributed by atoms with E-state index in [0.717, 1.165) is 29.4 Å². The number of hydrazone groups is 1. The average Bonchev–Trinajstić information content (AvgIpc) is 3.55. The number of methoxy groups -OCH3 is 1. The molecule has 0 atom stereocenters. The third-order valence-corrected chi connectivity index (χ3v) is 5.23. The van der Waals surface area contributed by atoms with Gasteiger partial charge in [0, 0.05) is 17.0 Å². The van der Waals surface area contributed by atoms with Gasteiger partial charge < -0.3 is 9.84 Å². The summed E-state index contributed by atoms with van der Waals surface area (Å²) in [5.41, 5.74) is 5.58. The van der Waals surface area contributed by atoms with Crippen molar-refractivity contribution in [1.82, 2.24) is 10.4 Å². The first kappa shape index (κ1) is 18.4.